The molecule has 0 spiro atoms. The molecule has 0 fully saturated rings. The van der Waals surface area contributed by atoms with E-state index in [1.165, 1.54) is 6.20 Å². The highest BCUT2D eigenvalue weighted by Crippen LogP contribution is 2.29. The summed E-state index contributed by atoms with van der Waals surface area (Å²) < 4.78 is 5.11. The Morgan fingerprint density at radius 1 is 1.15 bits per heavy atom. The molecule has 5 nitrogen and oxygen atoms in total. The third-order valence-corrected chi connectivity index (χ3v) is 4.08. The summed E-state index contributed by atoms with van der Waals surface area (Å²) in [6.07, 6.45) is 1.45. The molecule has 0 atom stereocenters. The standard InChI is InChI=1S/C22H25N3O2/c1-22(2,3)19-7-5-6-8-20(19)24-15-17(13-23)21(26)25-14-16-9-11-18(27-4)12-10-16/h5-12,15,24H,14H2,1-4H3,(H,25,26)/b17-15-. The monoisotopic (exact) mass is 363 g/mol. The van der Waals surface area contributed by atoms with Gasteiger partial charge in [-0.25, -0.2) is 0 Å². The molecular formula is C22H25N3O2. The van der Waals surface area contributed by atoms with Gasteiger partial charge in [0.15, 0.2) is 0 Å². The van der Waals surface area contributed by atoms with Crippen molar-refractivity contribution in [2.75, 3.05) is 12.4 Å². The number of ether oxygens (including phenoxy) is 1. The van der Waals surface area contributed by atoms with Gasteiger partial charge in [-0.05, 0) is 34.7 Å². The zero-order valence-corrected chi connectivity index (χ0v) is 16.2. The average molecular weight is 363 g/mol. The maximum absolute atomic E-state index is 12.3. The SMILES string of the molecule is COc1ccc(CNC(=O)/C(C#N)=C\Nc2ccccc2C(C)(C)C)cc1. The van der Waals surface area contributed by atoms with Crippen molar-refractivity contribution in [2.45, 2.75) is 32.7 Å². The maximum atomic E-state index is 12.3. The van der Waals surface area contributed by atoms with E-state index in [9.17, 15) is 10.1 Å². The molecule has 1 amide bonds. The highest BCUT2D eigenvalue weighted by atomic mass is 16.5. The number of hydrogen-bond acceptors (Lipinski definition) is 4. The summed E-state index contributed by atoms with van der Waals surface area (Å²) in [6, 6.07) is 17.2. The molecule has 2 rings (SSSR count). The van der Waals surface area contributed by atoms with Crippen molar-refractivity contribution in [3.05, 3.63) is 71.4 Å². The third kappa shape index (κ3) is 5.61. The van der Waals surface area contributed by atoms with Gasteiger partial charge in [0, 0.05) is 18.4 Å². The van der Waals surface area contributed by atoms with Gasteiger partial charge in [-0.1, -0.05) is 51.1 Å². The van der Waals surface area contributed by atoms with Crippen molar-refractivity contribution < 1.29 is 9.53 Å². The average Bonchev–Trinajstić information content (AvgIpc) is 2.66. The molecule has 0 aromatic heterocycles. The maximum Gasteiger partial charge on any atom is 0.263 e. The Morgan fingerprint density at radius 2 is 1.81 bits per heavy atom. The molecule has 5 heteroatoms. The lowest BCUT2D eigenvalue weighted by molar-refractivity contribution is -0.117. The minimum absolute atomic E-state index is 0.0206. The van der Waals surface area contributed by atoms with Crippen molar-refractivity contribution >= 4 is 11.6 Å². The lowest BCUT2D eigenvalue weighted by Gasteiger charge is -2.22. The topological polar surface area (TPSA) is 74.1 Å². The number of anilines is 1. The van der Waals surface area contributed by atoms with Crippen LogP contribution < -0.4 is 15.4 Å². The summed E-state index contributed by atoms with van der Waals surface area (Å²) >= 11 is 0. The second kappa shape index (κ2) is 8.91. The Morgan fingerprint density at radius 3 is 2.41 bits per heavy atom. The molecule has 140 valence electrons. The van der Waals surface area contributed by atoms with Crippen LogP contribution >= 0.6 is 0 Å². The van der Waals surface area contributed by atoms with Gasteiger partial charge in [-0.15, -0.1) is 0 Å². The van der Waals surface area contributed by atoms with Crippen LogP contribution in [-0.2, 0) is 16.8 Å². The molecule has 0 unspecified atom stereocenters. The van der Waals surface area contributed by atoms with Gasteiger partial charge in [0.1, 0.15) is 17.4 Å². The normalized spacial score (nSPS) is 11.4. The zero-order valence-electron chi connectivity index (χ0n) is 16.2. The Hall–Kier alpha value is -3.26. The van der Waals surface area contributed by atoms with Crippen LogP contribution in [0.25, 0.3) is 0 Å². The van der Waals surface area contributed by atoms with Crippen LogP contribution in [0, 0.1) is 11.3 Å². The quantitative estimate of drug-likeness (QED) is 0.598. The smallest absolute Gasteiger partial charge is 0.263 e. The van der Waals surface area contributed by atoms with Gasteiger partial charge in [0.05, 0.1) is 7.11 Å². The molecule has 0 saturated carbocycles. The summed E-state index contributed by atoms with van der Waals surface area (Å²) in [5.41, 5.74) is 2.87. The zero-order chi connectivity index (χ0) is 19.9. The number of methoxy groups -OCH3 is 1. The molecule has 0 aliphatic heterocycles. The van der Waals surface area contributed by atoms with E-state index < -0.39 is 5.91 Å². The molecule has 0 aliphatic carbocycles. The van der Waals surface area contributed by atoms with E-state index in [2.05, 4.69) is 31.4 Å². The minimum Gasteiger partial charge on any atom is -0.497 e. The van der Waals surface area contributed by atoms with Crippen molar-refractivity contribution in [3.63, 3.8) is 0 Å². The molecule has 0 radical (unpaired) electrons. The van der Waals surface area contributed by atoms with E-state index in [-0.39, 0.29) is 11.0 Å². The summed E-state index contributed by atoms with van der Waals surface area (Å²) in [7, 11) is 1.60. The number of rotatable bonds is 6. The largest absolute Gasteiger partial charge is 0.497 e. The van der Waals surface area contributed by atoms with Gasteiger partial charge in [0.25, 0.3) is 5.91 Å². The Balaban J connectivity index is 2.05. The summed E-state index contributed by atoms with van der Waals surface area (Å²) in [4.78, 5) is 12.3. The van der Waals surface area contributed by atoms with Gasteiger partial charge >= 0.3 is 0 Å². The van der Waals surface area contributed by atoms with E-state index in [0.717, 1.165) is 22.6 Å². The number of carbonyl (C=O) groups excluding carboxylic acids is 1. The van der Waals surface area contributed by atoms with Crippen LogP contribution in [0.4, 0.5) is 5.69 Å². The molecule has 27 heavy (non-hydrogen) atoms. The summed E-state index contributed by atoms with van der Waals surface area (Å²) in [6.45, 7) is 6.68. The van der Waals surface area contributed by atoms with Crippen LogP contribution in [0.2, 0.25) is 0 Å². The van der Waals surface area contributed by atoms with Gasteiger partial charge < -0.3 is 15.4 Å². The van der Waals surface area contributed by atoms with Crippen LogP contribution in [0.1, 0.15) is 31.9 Å². The van der Waals surface area contributed by atoms with E-state index in [0.29, 0.717) is 6.54 Å². The molecular weight excluding hydrogens is 338 g/mol. The molecule has 0 aliphatic rings. The Kier molecular flexibility index (Phi) is 6.62. The van der Waals surface area contributed by atoms with Crippen molar-refractivity contribution in [2.24, 2.45) is 0 Å². The van der Waals surface area contributed by atoms with Gasteiger partial charge in [0.2, 0.25) is 0 Å². The van der Waals surface area contributed by atoms with Crippen molar-refractivity contribution in [1.82, 2.24) is 5.32 Å². The summed E-state index contributed by atoms with van der Waals surface area (Å²) in [5.74, 6) is 0.332. The van der Waals surface area contributed by atoms with Crippen LogP contribution in [0.3, 0.4) is 0 Å². The molecule has 0 saturated heterocycles. The van der Waals surface area contributed by atoms with Crippen molar-refractivity contribution in [3.8, 4) is 11.8 Å². The first-order chi connectivity index (χ1) is 12.8. The minimum atomic E-state index is -0.422. The second-order valence-corrected chi connectivity index (χ2v) is 7.14. The van der Waals surface area contributed by atoms with Crippen LogP contribution in [0.15, 0.2) is 60.3 Å². The van der Waals surface area contributed by atoms with E-state index in [4.69, 9.17) is 4.74 Å². The highest BCUT2D eigenvalue weighted by Gasteiger charge is 2.17. The third-order valence-electron chi connectivity index (χ3n) is 4.08. The molecule has 2 aromatic rings. The molecule has 2 aromatic carbocycles. The van der Waals surface area contributed by atoms with E-state index in [1.54, 1.807) is 7.11 Å². The van der Waals surface area contributed by atoms with Crippen LogP contribution in [0.5, 0.6) is 5.75 Å². The second-order valence-electron chi connectivity index (χ2n) is 7.14. The number of para-hydroxylation sites is 1. The number of benzene rings is 2. The molecule has 0 heterocycles. The molecule has 0 bridgehead atoms. The first kappa shape index (κ1) is 20.1. The fourth-order valence-corrected chi connectivity index (χ4v) is 2.58. The first-order valence-electron chi connectivity index (χ1n) is 8.72. The van der Waals surface area contributed by atoms with E-state index >= 15 is 0 Å². The lowest BCUT2D eigenvalue weighted by atomic mass is 9.86. The van der Waals surface area contributed by atoms with Gasteiger partial charge in [-0.3, -0.25) is 4.79 Å². The number of hydrogen-bond donors (Lipinski definition) is 2. The molecule has 2 N–H and O–H groups in total. The lowest BCUT2D eigenvalue weighted by Crippen LogP contribution is -2.24. The Bertz CT molecular complexity index is 856. The fraction of sp³-hybridized carbons (Fsp3) is 0.273. The van der Waals surface area contributed by atoms with Crippen LogP contribution in [-0.4, -0.2) is 13.0 Å². The number of nitrogens with zero attached hydrogens (tertiary/aromatic N) is 1. The van der Waals surface area contributed by atoms with Gasteiger partial charge in [-0.2, -0.15) is 5.26 Å². The van der Waals surface area contributed by atoms with Crippen molar-refractivity contribution in [1.29, 1.82) is 5.26 Å². The highest BCUT2D eigenvalue weighted by molar-refractivity contribution is 5.97. The first-order valence-corrected chi connectivity index (χ1v) is 8.72. The predicted octanol–water partition coefficient (Wildman–Crippen LogP) is 4.13. The Labute approximate surface area is 160 Å². The number of nitriles is 1. The van der Waals surface area contributed by atoms with E-state index in [1.807, 2.05) is 54.6 Å². The number of nitrogens with one attached hydrogen (secondary N) is 2. The predicted molar refractivity (Wildman–Crippen MR) is 107 cm³/mol. The fourth-order valence-electron chi connectivity index (χ4n) is 2.58. The number of amides is 1. The summed E-state index contributed by atoms with van der Waals surface area (Å²) in [5, 5.41) is 15.2. The number of carbonyl (C=O) groups is 1.